The predicted molar refractivity (Wildman–Crippen MR) is 88.7 cm³/mol. The Bertz CT molecular complexity index is 764. The van der Waals surface area contributed by atoms with Crippen LogP contribution >= 0.6 is 11.3 Å². The van der Waals surface area contributed by atoms with Gasteiger partial charge in [0.1, 0.15) is 0 Å². The number of rotatable bonds is 4. The minimum atomic E-state index is 0.205. The molecule has 3 rings (SSSR count). The molecule has 3 aromatic rings. The molecule has 0 unspecified atom stereocenters. The molecule has 0 aliphatic heterocycles. The third kappa shape index (κ3) is 2.11. The SMILES string of the molecule is Cc1cc(NCCCO)c2sc3ccccc3c2c1N. The van der Waals surface area contributed by atoms with E-state index in [1.165, 1.54) is 14.8 Å². The van der Waals surface area contributed by atoms with Gasteiger partial charge in [0, 0.05) is 34.3 Å². The molecule has 0 bridgehead atoms. The van der Waals surface area contributed by atoms with Gasteiger partial charge in [-0.1, -0.05) is 18.2 Å². The average molecular weight is 286 g/mol. The Balaban J connectivity index is 2.23. The molecule has 0 amide bonds. The van der Waals surface area contributed by atoms with Crippen LogP contribution in [-0.2, 0) is 0 Å². The molecule has 0 spiro atoms. The molecule has 0 aliphatic carbocycles. The van der Waals surface area contributed by atoms with Crippen molar-refractivity contribution in [3.63, 3.8) is 0 Å². The largest absolute Gasteiger partial charge is 0.398 e. The number of hydrogen-bond acceptors (Lipinski definition) is 4. The lowest BCUT2D eigenvalue weighted by Crippen LogP contribution is -2.04. The highest BCUT2D eigenvalue weighted by atomic mass is 32.1. The molecule has 0 saturated heterocycles. The first-order valence-electron chi connectivity index (χ1n) is 6.77. The summed E-state index contributed by atoms with van der Waals surface area (Å²) < 4.78 is 2.46. The number of aryl methyl sites for hydroxylation is 1. The number of anilines is 2. The number of hydrogen-bond donors (Lipinski definition) is 3. The second-order valence-corrected chi connectivity index (χ2v) is 6.01. The van der Waals surface area contributed by atoms with E-state index in [4.69, 9.17) is 10.8 Å². The Kier molecular flexibility index (Phi) is 3.51. The first-order chi connectivity index (χ1) is 9.72. The normalized spacial score (nSPS) is 11.3. The van der Waals surface area contributed by atoms with Gasteiger partial charge in [-0.25, -0.2) is 0 Å². The van der Waals surface area contributed by atoms with Gasteiger partial charge in [-0.15, -0.1) is 11.3 Å². The van der Waals surface area contributed by atoms with Crippen molar-refractivity contribution in [2.45, 2.75) is 13.3 Å². The van der Waals surface area contributed by atoms with Crippen molar-refractivity contribution in [1.82, 2.24) is 0 Å². The number of aliphatic hydroxyl groups is 1. The summed E-state index contributed by atoms with van der Waals surface area (Å²) in [5.74, 6) is 0. The maximum absolute atomic E-state index is 8.91. The van der Waals surface area contributed by atoms with Gasteiger partial charge in [0.2, 0.25) is 0 Å². The van der Waals surface area contributed by atoms with Crippen LogP contribution in [-0.4, -0.2) is 18.3 Å². The number of fused-ring (bicyclic) bond motifs is 3. The van der Waals surface area contributed by atoms with Crippen LogP contribution in [0.25, 0.3) is 20.2 Å². The zero-order valence-electron chi connectivity index (χ0n) is 11.4. The Morgan fingerprint density at radius 1 is 1.30 bits per heavy atom. The van der Waals surface area contributed by atoms with E-state index in [1.807, 2.05) is 6.92 Å². The molecule has 2 aromatic carbocycles. The van der Waals surface area contributed by atoms with Crippen LogP contribution in [0.1, 0.15) is 12.0 Å². The fourth-order valence-corrected chi connectivity index (χ4v) is 3.70. The number of nitrogen functional groups attached to an aromatic ring is 1. The van der Waals surface area contributed by atoms with Gasteiger partial charge in [-0.05, 0) is 31.0 Å². The molecule has 1 aromatic heterocycles. The Morgan fingerprint density at radius 3 is 2.90 bits per heavy atom. The summed E-state index contributed by atoms with van der Waals surface area (Å²) >= 11 is 1.76. The van der Waals surface area contributed by atoms with Gasteiger partial charge in [0.25, 0.3) is 0 Å². The van der Waals surface area contributed by atoms with Crippen molar-refractivity contribution in [2.24, 2.45) is 0 Å². The Labute approximate surface area is 122 Å². The molecule has 0 radical (unpaired) electrons. The average Bonchev–Trinajstić information content (AvgIpc) is 2.84. The zero-order chi connectivity index (χ0) is 14.1. The molecule has 0 fully saturated rings. The number of nitrogens with two attached hydrogens (primary N) is 1. The van der Waals surface area contributed by atoms with Crippen molar-refractivity contribution in [3.05, 3.63) is 35.9 Å². The van der Waals surface area contributed by atoms with E-state index in [2.05, 4.69) is 35.6 Å². The molecular formula is C16H18N2OS. The van der Waals surface area contributed by atoms with E-state index in [0.29, 0.717) is 0 Å². The van der Waals surface area contributed by atoms with Gasteiger partial charge in [-0.2, -0.15) is 0 Å². The smallest absolute Gasteiger partial charge is 0.0607 e. The topological polar surface area (TPSA) is 58.3 Å². The van der Waals surface area contributed by atoms with E-state index in [9.17, 15) is 0 Å². The summed E-state index contributed by atoms with van der Waals surface area (Å²) in [5, 5.41) is 14.7. The first kappa shape index (κ1) is 13.2. The van der Waals surface area contributed by atoms with Crippen LogP contribution < -0.4 is 11.1 Å². The molecule has 4 N–H and O–H groups in total. The third-order valence-corrected chi connectivity index (χ3v) is 4.75. The highest BCUT2D eigenvalue weighted by Gasteiger charge is 2.13. The number of nitrogens with one attached hydrogen (secondary N) is 1. The Morgan fingerprint density at radius 2 is 2.10 bits per heavy atom. The molecular weight excluding hydrogens is 268 g/mol. The summed E-state index contributed by atoms with van der Waals surface area (Å²) in [7, 11) is 0. The predicted octanol–water partition coefficient (Wildman–Crippen LogP) is 3.74. The van der Waals surface area contributed by atoms with E-state index >= 15 is 0 Å². The number of benzene rings is 2. The van der Waals surface area contributed by atoms with Gasteiger partial charge in [-0.3, -0.25) is 0 Å². The van der Waals surface area contributed by atoms with E-state index in [-0.39, 0.29) is 6.61 Å². The standard InChI is InChI=1S/C16H18N2OS/c1-10-9-12(18-7-4-8-19)16-14(15(10)17)11-5-2-3-6-13(11)20-16/h2-3,5-6,9,18-19H,4,7-8,17H2,1H3. The van der Waals surface area contributed by atoms with E-state index in [0.717, 1.165) is 35.3 Å². The highest BCUT2D eigenvalue weighted by Crippen LogP contribution is 2.42. The monoisotopic (exact) mass is 286 g/mol. The lowest BCUT2D eigenvalue weighted by Gasteiger charge is -2.10. The summed E-state index contributed by atoms with van der Waals surface area (Å²) in [4.78, 5) is 0. The molecule has 0 saturated carbocycles. The summed E-state index contributed by atoms with van der Waals surface area (Å²) in [6.45, 7) is 3.01. The van der Waals surface area contributed by atoms with Gasteiger partial charge < -0.3 is 16.2 Å². The second kappa shape index (κ2) is 5.31. The van der Waals surface area contributed by atoms with Gasteiger partial charge >= 0.3 is 0 Å². The van der Waals surface area contributed by atoms with Crippen molar-refractivity contribution in [2.75, 3.05) is 24.2 Å². The van der Waals surface area contributed by atoms with Crippen molar-refractivity contribution < 1.29 is 5.11 Å². The van der Waals surface area contributed by atoms with Crippen molar-refractivity contribution in [1.29, 1.82) is 0 Å². The molecule has 4 heteroatoms. The quantitative estimate of drug-likeness (QED) is 0.506. The molecule has 104 valence electrons. The molecule has 0 aliphatic rings. The number of thiophene rings is 1. The highest BCUT2D eigenvalue weighted by molar-refractivity contribution is 7.26. The van der Waals surface area contributed by atoms with Crippen molar-refractivity contribution >= 4 is 42.9 Å². The fourth-order valence-electron chi connectivity index (χ4n) is 2.49. The van der Waals surface area contributed by atoms with E-state index < -0.39 is 0 Å². The first-order valence-corrected chi connectivity index (χ1v) is 7.59. The van der Waals surface area contributed by atoms with Crippen LogP contribution in [0.3, 0.4) is 0 Å². The van der Waals surface area contributed by atoms with Gasteiger partial charge in [0.05, 0.1) is 10.4 Å². The van der Waals surface area contributed by atoms with Gasteiger partial charge in [0.15, 0.2) is 0 Å². The maximum Gasteiger partial charge on any atom is 0.0607 e. The summed E-state index contributed by atoms with van der Waals surface area (Å²) in [5.41, 5.74) is 9.36. The third-order valence-electron chi connectivity index (χ3n) is 3.55. The maximum atomic E-state index is 8.91. The van der Waals surface area contributed by atoms with Crippen LogP contribution in [0.2, 0.25) is 0 Å². The summed E-state index contributed by atoms with van der Waals surface area (Å²) in [6, 6.07) is 10.5. The van der Waals surface area contributed by atoms with Crippen molar-refractivity contribution in [3.8, 4) is 0 Å². The van der Waals surface area contributed by atoms with E-state index in [1.54, 1.807) is 11.3 Å². The van der Waals surface area contributed by atoms with Crippen LogP contribution in [0, 0.1) is 6.92 Å². The Hall–Kier alpha value is -1.78. The van der Waals surface area contributed by atoms with Crippen LogP contribution in [0.4, 0.5) is 11.4 Å². The molecule has 3 nitrogen and oxygen atoms in total. The zero-order valence-corrected chi connectivity index (χ0v) is 12.3. The minimum absolute atomic E-state index is 0.205. The van der Waals surface area contributed by atoms with Crippen LogP contribution in [0.5, 0.6) is 0 Å². The second-order valence-electron chi connectivity index (χ2n) is 4.96. The minimum Gasteiger partial charge on any atom is -0.398 e. The fraction of sp³-hybridized carbons (Fsp3) is 0.250. The lowest BCUT2D eigenvalue weighted by atomic mass is 10.1. The molecule has 0 atom stereocenters. The molecule has 1 heterocycles. The lowest BCUT2D eigenvalue weighted by molar-refractivity contribution is 0.292. The summed E-state index contributed by atoms with van der Waals surface area (Å²) in [6.07, 6.45) is 0.746. The van der Waals surface area contributed by atoms with Crippen LogP contribution in [0.15, 0.2) is 30.3 Å². The molecule has 20 heavy (non-hydrogen) atoms. The number of aliphatic hydroxyl groups excluding tert-OH is 1.